The molecule has 0 spiro atoms. The minimum absolute atomic E-state index is 0.274. The van der Waals surface area contributed by atoms with Gasteiger partial charge in [-0.05, 0) is 44.3 Å². The zero-order valence-electron chi connectivity index (χ0n) is 11.6. The fourth-order valence-electron chi connectivity index (χ4n) is 2.90. The molecule has 2 N–H and O–H groups in total. The maximum absolute atomic E-state index is 12.4. The van der Waals surface area contributed by atoms with Crippen molar-refractivity contribution in [2.75, 3.05) is 6.61 Å². The van der Waals surface area contributed by atoms with Gasteiger partial charge >= 0.3 is 5.97 Å². The molecule has 2 aliphatic rings. The second kappa shape index (κ2) is 5.14. The molecule has 2 bridgehead atoms. The van der Waals surface area contributed by atoms with Crippen molar-refractivity contribution in [3.63, 3.8) is 0 Å². The molecule has 0 radical (unpaired) electrons. The topological polar surface area (TPSA) is 59.6 Å². The molecule has 0 unspecified atom stereocenters. The van der Waals surface area contributed by atoms with Gasteiger partial charge in [-0.25, -0.2) is 0 Å². The molecule has 2 heterocycles. The van der Waals surface area contributed by atoms with Crippen LogP contribution >= 0.6 is 28.1 Å². The van der Waals surface area contributed by atoms with Gasteiger partial charge in [-0.2, -0.15) is 0 Å². The van der Waals surface area contributed by atoms with Gasteiger partial charge in [0, 0.05) is 10.0 Å². The quantitative estimate of drug-likeness (QED) is 0.615. The van der Waals surface area contributed by atoms with Crippen molar-refractivity contribution in [1.29, 1.82) is 0 Å². The van der Waals surface area contributed by atoms with Crippen molar-refractivity contribution in [2.24, 2.45) is 5.92 Å². The summed E-state index contributed by atoms with van der Waals surface area (Å²) >= 11 is 8.68. The van der Waals surface area contributed by atoms with Crippen LogP contribution < -0.4 is 15.4 Å². The van der Waals surface area contributed by atoms with Crippen LogP contribution in [0.4, 0.5) is 0 Å². The van der Waals surface area contributed by atoms with Crippen LogP contribution in [0.15, 0.2) is 22.7 Å². The number of fused-ring (bicyclic) bond motifs is 4. The molecule has 0 aliphatic carbocycles. The van der Waals surface area contributed by atoms with Crippen molar-refractivity contribution in [2.45, 2.75) is 25.6 Å². The zero-order valence-corrected chi connectivity index (χ0v) is 14.0. The van der Waals surface area contributed by atoms with Crippen molar-refractivity contribution in [3.8, 4) is 5.75 Å². The molecule has 1 fully saturated rings. The summed E-state index contributed by atoms with van der Waals surface area (Å²) in [4.78, 5) is 12.4. The summed E-state index contributed by atoms with van der Waals surface area (Å²) in [5, 5.41) is 6.69. The van der Waals surface area contributed by atoms with Crippen molar-refractivity contribution >= 4 is 39.2 Å². The SMILES string of the molecule is CCOC(=O)[C@H]1[C@H]2NC(=S)N[C@@]1(C)Oc1ccc(Br)cc12. The summed E-state index contributed by atoms with van der Waals surface area (Å²) in [5.41, 5.74) is -0.0242. The number of thiocarbonyl (C=S) groups is 1. The number of hydrogen-bond donors (Lipinski definition) is 2. The highest BCUT2D eigenvalue weighted by Gasteiger charge is 2.55. The van der Waals surface area contributed by atoms with Gasteiger partial charge in [-0.3, -0.25) is 4.79 Å². The first-order valence-electron chi connectivity index (χ1n) is 6.68. The van der Waals surface area contributed by atoms with E-state index in [2.05, 4.69) is 26.6 Å². The van der Waals surface area contributed by atoms with E-state index in [1.165, 1.54) is 0 Å². The normalized spacial score (nSPS) is 29.6. The third kappa shape index (κ3) is 2.38. The van der Waals surface area contributed by atoms with Crippen LogP contribution in [0, 0.1) is 5.92 Å². The van der Waals surface area contributed by atoms with Gasteiger partial charge < -0.3 is 20.1 Å². The summed E-state index contributed by atoms with van der Waals surface area (Å²) < 4.78 is 12.2. The Morgan fingerprint density at radius 2 is 2.33 bits per heavy atom. The average Bonchev–Trinajstić information content (AvgIpc) is 2.38. The maximum atomic E-state index is 12.4. The van der Waals surface area contributed by atoms with Crippen LogP contribution in [-0.4, -0.2) is 23.4 Å². The van der Waals surface area contributed by atoms with E-state index in [0.29, 0.717) is 11.7 Å². The predicted molar refractivity (Wildman–Crippen MR) is 84.9 cm³/mol. The molecular weight excluding hydrogens is 356 g/mol. The molecule has 0 saturated carbocycles. The van der Waals surface area contributed by atoms with E-state index in [-0.39, 0.29) is 12.0 Å². The number of halogens is 1. The predicted octanol–water partition coefficient (Wildman–Crippen LogP) is 2.26. The first-order chi connectivity index (χ1) is 9.94. The molecule has 1 saturated heterocycles. The Morgan fingerprint density at radius 1 is 1.57 bits per heavy atom. The molecule has 1 aromatic carbocycles. The summed E-state index contributed by atoms with van der Waals surface area (Å²) in [6, 6.07) is 5.45. The highest BCUT2D eigenvalue weighted by Crippen LogP contribution is 2.45. The van der Waals surface area contributed by atoms with Crippen LogP contribution in [0.3, 0.4) is 0 Å². The highest BCUT2D eigenvalue weighted by molar-refractivity contribution is 9.10. The van der Waals surface area contributed by atoms with E-state index in [0.717, 1.165) is 15.8 Å². The van der Waals surface area contributed by atoms with Crippen molar-refractivity contribution in [1.82, 2.24) is 10.6 Å². The molecule has 1 aromatic rings. The number of hydrogen-bond acceptors (Lipinski definition) is 4. The van der Waals surface area contributed by atoms with Crippen molar-refractivity contribution in [3.05, 3.63) is 28.2 Å². The van der Waals surface area contributed by atoms with E-state index in [9.17, 15) is 4.79 Å². The van der Waals surface area contributed by atoms with Crippen LogP contribution in [-0.2, 0) is 9.53 Å². The van der Waals surface area contributed by atoms with E-state index in [1.807, 2.05) is 25.1 Å². The molecule has 3 rings (SSSR count). The lowest BCUT2D eigenvalue weighted by Gasteiger charge is -2.50. The molecule has 7 heteroatoms. The largest absolute Gasteiger partial charge is 0.467 e. The van der Waals surface area contributed by atoms with Crippen LogP contribution in [0.2, 0.25) is 0 Å². The van der Waals surface area contributed by atoms with Gasteiger partial charge in [-0.15, -0.1) is 0 Å². The Balaban J connectivity index is 2.10. The van der Waals surface area contributed by atoms with E-state index < -0.39 is 11.6 Å². The molecule has 5 nitrogen and oxygen atoms in total. The first-order valence-corrected chi connectivity index (χ1v) is 7.88. The average molecular weight is 371 g/mol. The number of nitrogens with one attached hydrogen (secondary N) is 2. The standard InChI is InChI=1S/C14H15BrN2O3S/c1-3-19-12(18)10-11-8-6-7(15)4-5-9(8)20-14(10,2)17-13(21)16-11/h4-6,10-11H,3H2,1-2H3,(H2,16,17,21)/t10-,11+,14+/m1/s1. The summed E-state index contributed by atoms with van der Waals surface area (Å²) in [6.07, 6.45) is 0. The van der Waals surface area contributed by atoms with E-state index >= 15 is 0 Å². The number of benzene rings is 1. The molecule has 21 heavy (non-hydrogen) atoms. The number of carbonyl (C=O) groups is 1. The summed E-state index contributed by atoms with van der Waals surface area (Å²) in [6.45, 7) is 3.93. The Morgan fingerprint density at radius 3 is 3.05 bits per heavy atom. The molecule has 0 aromatic heterocycles. The second-order valence-corrected chi connectivity index (χ2v) is 6.52. The minimum atomic E-state index is -0.917. The van der Waals surface area contributed by atoms with E-state index in [4.69, 9.17) is 21.7 Å². The maximum Gasteiger partial charge on any atom is 0.317 e. The van der Waals surface area contributed by atoms with Gasteiger partial charge in [0.2, 0.25) is 0 Å². The summed E-state index contributed by atoms with van der Waals surface area (Å²) in [5.74, 6) is -0.0992. The zero-order chi connectivity index (χ0) is 15.2. The smallest absolute Gasteiger partial charge is 0.317 e. The molecular formula is C14H15BrN2O3S. The lowest BCUT2D eigenvalue weighted by Crippen LogP contribution is -2.70. The third-order valence-corrected chi connectivity index (χ3v) is 4.46. The number of esters is 1. The minimum Gasteiger partial charge on any atom is -0.467 e. The molecule has 112 valence electrons. The number of rotatable bonds is 2. The molecule has 0 amide bonds. The van der Waals surface area contributed by atoms with Gasteiger partial charge in [0.1, 0.15) is 11.7 Å². The second-order valence-electron chi connectivity index (χ2n) is 5.20. The first kappa shape index (κ1) is 14.6. The summed E-state index contributed by atoms with van der Waals surface area (Å²) in [7, 11) is 0. The van der Waals surface area contributed by atoms with Gasteiger partial charge in [-0.1, -0.05) is 15.9 Å². The fourth-order valence-corrected chi connectivity index (χ4v) is 3.61. The Kier molecular flexibility index (Phi) is 3.57. The monoisotopic (exact) mass is 370 g/mol. The fraction of sp³-hybridized carbons (Fsp3) is 0.429. The van der Waals surface area contributed by atoms with E-state index in [1.54, 1.807) is 6.92 Å². The number of ether oxygens (including phenoxy) is 2. The Labute approximate surface area is 136 Å². The van der Waals surface area contributed by atoms with Gasteiger partial charge in [0.25, 0.3) is 0 Å². The molecule has 3 atom stereocenters. The van der Waals surface area contributed by atoms with Crippen molar-refractivity contribution < 1.29 is 14.3 Å². The van der Waals surface area contributed by atoms with Crippen LogP contribution in [0.1, 0.15) is 25.5 Å². The highest BCUT2D eigenvalue weighted by atomic mass is 79.9. The van der Waals surface area contributed by atoms with Gasteiger partial charge in [0.15, 0.2) is 10.8 Å². The lowest BCUT2D eigenvalue weighted by molar-refractivity contribution is -0.162. The lowest BCUT2D eigenvalue weighted by atomic mass is 9.80. The van der Waals surface area contributed by atoms with Gasteiger partial charge in [0.05, 0.1) is 12.6 Å². The third-order valence-electron chi connectivity index (χ3n) is 3.74. The van der Waals surface area contributed by atoms with Crippen LogP contribution in [0.5, 0.6) is 5.75 Å². The number of carbonyl (C=O) groups excluding carboxylic acids is 1. The van der Waals surface area contributed by atoms with Crippen LogP contribution in [0.25, 0.3) is 0 Å². The molecule has 2 aliphatic heterocycles. The Hall–Kier alpha value is -1.34. The Bertz CT molecular complexity index is 624.